The van der Waals surface area contributed by atoms with Gasteiger partial charge in [0.1, 0.15) is 0 Å². The second-order valence-corrected chi connectivity index (χ2v) is 2.58. The van der Waals surface area contributed by atoms with Crippen LogP contribution in [0.25, 0.3) is 0 Å². The molecule has 1 fully saturated rings. The van der Waals surface area contributed by atoms with Gasteiger partial charge in [-0.25, -0.2) is 0 Å². The molecule has 0 bridgehead atoms. The van der Waals surface area contributed by atoms with Gasteiger partial charge in [0.15, 0.2) is 0 Å². The summed E-state index contributed by atoms with van der Waals surface area (Å²) in [7, 11) is 0. The summed E-state index contributed by atoms with van der Waals surface area (Å²) < 4.78 is 0. The molecule has 0 aromatic rings. The molecule has 0 radical (unpaired) electrons. The minimum atomic E-state index is -0.184. The summed E-state index contributed by atoms with van der Waals surface area (Å²) in [6.07, 6.45) is 2.02. The molecule has 2 atom stereocenters. The van der Waals surface area contributed by atoms with Crippen LogP contribution in [-0.4, -0.2) is 12.5 Å². The van der Waals surface area contributed by atoms with Crippen LogP contribution in [0, 0.1) is 11.8 Å². The normalized spacial score (nSPS) is 33.4. The van der Waals surface area contributed by atoms with Gasteiger partial charge in [-0.2, -0.15) is 0 Å². The second kappa shape index (κ2) is 2.35. The number of rotatable bonds is 2. The summed E-state index contributed by atoms with van der Waals surface area (Å²) in [5.74, 6) is 0.272. The van der Waals surface area contributed by atoms with E-state index in [0.29, 0.717) is 12.5 Å². The summed E-state index contributed by atoms with van der Waals surface area (Å²) >= 11 is 0. The van der Waals surface area contributed by atoms with E-state index in [1.165, 1.54) is 0 Å². The smallest absolute Gasteiger partial charge is 0.220 e. The molecule has 0 heterocycles. The van der Waals surface area contributed by atoms with Gasteiger partial charge in [-0.05, 0) is 25.3 Å². The van der Waals surface area contributed by atoms with Crippen LogP contribution in [0.5, 0.6) is 0 Å². The molecule has 1 aliphatic carbocycles. The molecule has 4 N–H and O–H groups in total. The number of hydrogen-bond acceptors (Lipinski definition) is 2. The Kier molecular flexibility index (Phi) is 1.71. The Labute approximate surface area is 54.4 Å². The molecule has 3 nitrogen and oxygen atoms in total. The van der Waals surface area contributed by atoms with Crippen LogP contribution in [-0.2, 0) is 4.79 Å². The largest absolute Gasteiger partial charge is 0.369 e. The lowest BCUT2D eigenvalue weighted by molar-refractivity contribution is -0.126. The molecule has 1 saturated carbocycles. The van der Waals surface area contributed by atoms with E-state index in [2.05, 4.69) is 0 Å². The maximum Gasteiger partial charge on any atom is 0.220 e. The molecule has 9 heavy (non-hydrogen) atoms. The third-order valence-corrected chi connectivity index (χ3v) is 2.09. The standard InChI is InChI=1S/C6H12N2O/c7-3-4-1-2-5(4)6(8)9/h4-5H,1-3,7H2,(H2,8,9)/t4-,5+/m1/s1. The number of amides is 1. The van der Waals surface area contributed by atoms with E-state index in [1.54, 1.807) is 0 Å². The van der Waals surface area contributed by atoms with Crippen LogP contribution in [0.1, 0.15) is 12.8 Å². The van der Waals surface area contributed by atoms with Crippen molar-refractivity contribution >= 4 is 5.91 Å². The number of nitrogens with two attached hydrogens (primary N) is 2. The fourth-order valence-electron chi connectivity index (χ4n) is 1.23. The van der Waals surface area contributed by atoms with E-state index in [-0.39, 0.29) is 11.8 Å². The minimum Gasteiger partial charge on any atom is -0.369 e. The Balaban J connectivity index is 2.35. The molecule has 1 aliphatic rings. The first kappa shape index (κ1) is 6.55. The van der Waals surface area contributed by atoms with Crippen LogP contribution in [0.4, 0.5) is 0 Å². The van der Waals surface area contributed by atoms with Gasteiger partial charge in [0, 0.05) is 5.92 Å². The first-order chi connectivity index (χ1) is 4.25. The third kappa shape index (κ3) is 1.05. The van der Waals surface area contributed by atoms with Crippen molar-refractivity contribution < 1.29 is 4.79 Å². The molecule has 1 amide bonds. The average molecular weight is 128 g/mol. The van der Waals surface area contributed by atoms with E-state index >= 15 is 0 Å². The molecule has 52 valence electrons. The van der Waals surface area contributed by atoms with E-state index in [9.17, 15) is 4.79 Å². The Hall–Kier alpha value is -0.570. The van der Waals surface area contributed by atoms with Gasteiger partial charge in [0.05, 0.1) is 0 Å². The van der Waals surface area contributed by atoms with Crippen LogP contribution >= 0.6 is 0 Å². The monoisotopic (exact) mass is 128 g/mol. The maximum absolute atomic E-state index is 10.5. The molecule has 1 rings (SSSR count). The number of primary amides is 1. The highest BCUT2D eigenvalue weighted by Gasteiger charge is 2.33. The van der Waals surface area contributed by atoms with Crippen molar-refractivity contribution in [2.45, 2.75) is 12.8 Å². The van der Waals surface area contributed by atoms with Gasteiger partial charge in [0.25, 0.3) is 0 Å². The van der Waals surface area contributed by atoms with Crippen LogP contribution in [0.3, 0.4) is 0 Å². The summed E-state index contributed by atoms with van der Waals surface area (Å²) in [6.45, 7) is 0.605. The molecule has 0 saturated heterocycles. The van der Waals surface area contributed by atoms with Crippen LogP contribution < -0.4 is 11.5 Å². The topological polar surface area (TPSA) is 69.1 Å². The van der Waals surface area contributed by atoms with Crippen LogP contribution in [0.2, 0.25) is 0 Å². The van der Waals surface area contributed by atoms with Crippen molar-refractivity contribution in [1.82, 2.24) is 0 Å². The third-order valence-electron chi connectivity index (χ3n) is 2.09. The van der Waals surface area contributed by atoms with Gasteiger partial charge in [-0.3, -0.25) is 4.79 Å². The average Bonchev–Trinajstić information content (AvgIpc) is 1.61. The highest BCUT2D eigenvalue weighted by molar-refractivity contribution is 5.77. The Morgan fingerprint density at radius 1 is 1.56 bits per heavy atom. The SMILES string of the molecule is NC[C@H]1CC[C@@H]1C(N)=O. The summed E-state index contributed by atoms with van der Waals surface area (Å²) in [5.41, 5.74) is 10.4. The summed E-state index contributed by atoms with van der Waals surface area (Å²) in [6, 6.07) is 0. The summed E-state index contributed by atoms with van der Waals surface area (Å²) in [4.78, 5) is 10.5. The molecular weight excluding hydrogens is 116 g/mol. The van der Waals surface area contributed by atoms with Gasteiger partial charge < -0.3 is 11.5 Å². The zero-order chi connectivity index (χ0) is 6.85. The lowest BCUT2D eigenvalue weighted by atomic mass is 9.73. The Morgan fingerprint density at radius 3 is 2.33 bits per heavy atom. The lowest BCUT2D eigenvalue weighted by Gasteiger charge is -2.32. The predicted molar refractivity (Wildman–Crippen MR) is 34.5 cm³/mol. The summed E-state index contributed by atoms with van der Waals surface area (Å²) in [5, 5.41) is 0. The number of carbonyl (C=O) groups is 1. The van der Waals surface area contributed by atoms with Crippen molar-refractivity contribution in [3.05, 3.63) is 0 Å². The van der Waals surface area contributed by atoms with Crippen molar-refractivity contribution in [3.63, 3.8) is 0 Å². The molecule has 0 aromatic carbocycles. The zero-order valence-electron chi connectivity index (χ0n) is 5.34. The highest BCUT2D eigenvalue weighted by Crippen LogP contribution is 2.32. The Bertz CT molecular complexity index is 122. The lowest BCUT2D eigenvalue weighted by Crippen LogP contribution is -2.41. The van der Waals surface area contributed by atoms with Crippen LogP contribution in [0.15, 0.2) is 0 Å². The fourth-order valence-corrected chi connectivity index (χ4v) is 1.23. The van der Waals surface area contributed by atoms with E-state index in [4.69, 9.17) is 11.5 Å². The first-order valence-corrected chi connectivity index (χ1v) is 3.25. The number of hydrogen-bond donors (Lipinski definition) is 2. The molecule has 0 spiro atoms. The molecular formula is C6H12N2O. The van der Waals surface area contributed by atoms with E-state index in [1.807, 2.05) is 0 Å². The molecule has 3 heteroatoms. The van der Waals surface area contributed by atoms with E-state index < -0.39 is 0 Å². The first-order valence-electron chi connectivity index (χ1n) is 3.25. The zero-order valence-corrected chi connectivity index (χ0v) is 5.34. The van der Waals surface area contributed by atoms with E-state index in [0.717, 1.165) is 12.8 Å². The van der Waals surface area contributed by atoms with Crippen molar-refractivity contribution in [2.24, 2.45) is 23.3 Å². The van der Waals surface area contributed by atoms with Crippen molar-refractivity contribution in [2.75, 3.05) is 6.54 Å². The highest BCUT2D eigenvalue weighted by atomic mass is 16.1. The van der Waals surface area contributed by atoms with Crippen molar-refractivity contribution in [3.8, 4) is 0 Å². The van der Waals surface area contributed by atoms with Gasteiger partial charge in [-0.1, -0.05) is 0 Å². The van der Waals surface area contributed by atoms with Crippen molar-refractivity contribution in [1.29, 1.82) is 0 Å². The van der Waals surface area contributed by atoms with Gasteiger partial charge >= 0.3 is 0 Å². The molecule has 0 aromatic heterocycles. The quantitative estimate of drug-likeness (QED) is 0.524. The van der Waals surface area contributed by atoms with Gasteiger partial charge in [-0.15, -0.1) is 0 Å². The number of carbonyl (C=O) groups excluding carboxylic acids is 1. The maximum atomic E-state index is 10.5. The fraction of sp³-hybridized carbons (Fsp3) is 0.833. The second-order valence-electron chi connectivity index (χ2n) is 2.58. The predicted octanol–water partition coefficient (Wildman–Crippen LogP) is -0.543. The molecule has 0 aliphatic heterocycles. The molecule has 0 unspecified atom stereocenters. The minimum absolute atomic E-state index is 0.0787. The Morgan fingerprint density at radius 2 is 2.22 bits per heavy atom. The van der Waals surface area contributed by atoms with Gasteiger partial charge in [0.2, 0.25) is 5.91 Å².